The molecule has 6 heteroatoms. The van der Waals surface area contributed by atoms with Gasteiger partial charge >= 0.3 is 5.69 Å². The van der Waals surface area contributed by atoms with Crippen molar-refractivity contribution in [1.29, 1.82) is 0 Å². The van der Waals surface area contributed by atoms with Gasteiger partial charge in [-0.2, -0.15) is 0 Å². The van der Waals surface area contributed by atoms with Crippen molar-refractivity contribution in [2.24, 2.45) is 0 Å². The molecule has 0 saturated heterocycles. The van der Waals surface area contributed by atoms with E-state index in [9.17, 15) is 10.1 Å². The smallest absolute Gasteiger partial charge is 0.312 e. The summed E-state index contributed by atoms with van der Waals surface area (Å²) in [5.41, 5.74) is 0.666. The van der Waals surface area contributed by atoms with E-state index in [4.69, 9.17) is 4.74 Å². The van der Waals surface area contributed by atoms with Gasteiger partial charge < -0.3 is 10.1 Å². The van der Waals surface area contributed by atoms with E-state index in [-0.39, 0.29) is 17.5 Å². The van der Waals surface area contributed by atoms with Gasteiger partial charge in [0.05, 0.1) is 18.1 Å². The van der Waals surface area contributed by atoms with E-state index in [0.29, 0.717) is 5.69 Å². The Morgan fingerprint density at radius 1 is 1.42 bits per heavy atom. The van der Waals surface area contributed by atoms with E-state index in [1.807, 2.05) is 24.4 Å². The van der Waals surface area contributed by atoms with Crippen LogP contribution in [0, 0.1) is 10.1 Å². The highest BCUT2D eigenvalue weighted by Crippen LogP contribution is 2.31. The van der Waals surface area contributed by atoms with Crippen molar-refractivity contribution in [2.45, 2.75) is 13.0 Å². The molecule has 0 radical (unpaired) electrons. The number of hydrogen-bond acceptors (Lipinski definition) is 5. The Morgan fingerprint density at radius 2 is 2.21 bits per heavy atom. The lowest BCUT2D eigenvalue weighted by atomic mass is 10.2. The first kappa shape index (κ1) is 13.4. The second kappa shape index (κ2) is 5.71. The van der Waals surface area contributed by atoms with Crippen molar-refractivity contribution in [2.75, 3.05) is 12.4 Å². The number of nitro groups is 1. The van der Waals surface area contributed by atoms with Crippen molar-refractivity contribution < 1.29 is 9.66 Å². The zero-order chi connectivity index (χ0) is 13.8. The minimum atomic E-state index is -0.445. The number of thiophene rings is 1. The Bertz CT molecular complexity index is 569. The van der Waals surface area contributed by atoms with Gasteiger partial charge in [0.1, 0.15) is 0 Å². The van der Waals surface area contributed by atoms with Crippen LogP contribution in [0.25, 0.3) is 0 Å². The lowest BCUT2D eigenvalue weighted by Gasteiger charge is -2.14. The summed E-state index contributed by atoms with van der Waals surface area (Å²) >= 11 is 1.65. The van der Waals surface area contributed by atoms with Gasteiger partial charge in [0.2, 0.25) is 0 Å². The number of nitro benzene ring substituents is 1. The molecule has 2 rings (SSSR count). The Kier molecular flexibility index (Phi) is 4.01. The van der Waals surface area contributed by atoms with E-state index in [1.165, 1.54) is 18.1 Å². The van der Waals surface area contributed by atoms with Crippen LogP contribution in [0.15, 0.2) is 35.7 Å². The predicted octanol–water partition coefficient (Wildman–Crippen LogP) is 3.84. The van der Waals surface area contributed by atoms with Gasteiger partial charge in [-0.1, -0.05) is 6.07 Å². The predicted molar refractivity (Wildman–Crippen MR) is 76.0 cm³/mol. The average Bonchev–Trinajstić information content (AvgIpc) is 2.92. The van der Waals surface area contributed by atoms with E-state index < -0.39 is 4.92 Å². The molecule has 2 aromatic rings. The number of rotatable bonds is 5. The second-order valence-electron chi connectivity index (χ2n) is 4.03. The summed E-state index contributed by atoms with van der Waals surface area (Å²) < 4.78 is 4.97. The van der Waals surface area contributed by atoms with Gasteiger partial charge in [-0.15, -0.1) is 11.3 Å². The van der Waals surface area contributed by atoms with Crippen LogP contribution in [0.2, 0.25) is 0 Å². The fraction of sp³-hybridized carbons (Fsp3) is 0.231. The summed E-state index contributed by atoms with van der Waals surface area (Å²) in [4.78, 5) is 11.7. The molecule has 0 spiro atoms. The van der Waals surface area contributed by atoms with Gasteiger partial charge in [-0.05, 0) is 30.5 Å². The fourth-order valence-corrected chi connectivity index (χ4v) is 2.52. The maximum absolute atomic E-state index is 10.9. The van der Waals surface area contributed by atoms with E-state index in [2.05, 4.69) is 5.32 Å². The van der Waals surface area contributed by atoms with Crippen LogP contribution >= 0.6 is 11.3 Å². The number of benzene rings is 1. The molecule has 1 atom stereocenters. The molecule has 5 nitrogen and oxygen atoms in total. The lowest BCUT2D eigenvalue weighted by molar-refractivity contribution is -0.385. The summed E-state index contributed by atoms with van der Waals surface area (Å²) in [5.74, 6) is 0.263. The lowest BCUT2D eigenvalue weighted by Crippen LogP contribution is -2.05. The standard InChI is InChI=1S/C13H14N2O3S/c1-9(13-4-3-7-19-13)14-10-5-6-12(18-2)11(8-10)15(16)17/h3-9,14H,1-2H3. The van der Waals surface area contributed by atoms with E-state index in [0.717, 1.165) is 0 Å². The molecule has 1 N–H and O–H groups in total. The molecule has 0 fully saturated rings. The monoisotopic (exact) mass is 278 g/mol. The van der Waals surface area contributed by atoms with Crippen LogP contribution in [-0.4, -0.2) is 12.0 Å². The number of nitrogens with one attached hydrogen (secondary N) is 1. The molecular weight excluding hydrogens is 264 g/mol. The number of anilines is 1. The van der Waals surface area contributed by atoms with Crippen LogP contribution in [0.1, 0.15) is 17.8 Å². The molecule has 0 bridgehead atoms. The molecule has 0 amide bonds. The summed E-state index contributed by atoms with van der Waals surface area (Å²) in [6, 6.07) is 8.98. The number of hydrogen-bond donors (Lipinski definition) is 1. The first-order valence-corrected chi connectivity index (χ1v) is 6.62. The fourth-order valence-electron chi connectivity index (χ4n) is 1.78. The van der Waals surface area contributed by atoms with Gasteiger partial charge in [-0.25, -0.2) is 0 Å². The molecule has 19 heavy (non-hydrogen) atoms. The largest absolute Gasteiger partial charge is 0.490 e. The summed E-state index contributed by atoms with van der Waals surface area (Å²) in [6.45, 7) is 2.02. The first-order valence-electron chi connectivity index (χ1n) is 5.74. The molecule has 1 unspecified atom stereocenters. The minimum Gasteiger partial charge on any atom is -0.490 e. The molecule has 0 aliphatic carbocycles. The Hall–Kier alpha value is -2.08. The van der Waals surface area contributed by atoms with Crippen molar-refractivity contribution in [3.8, 4) is 5.75 Å². The SMILES string of the molecule is COc1ccc(NC(C)c2cccs2)cc1[N+](=O)[O-]. The van der Waals surface area contributed by atoms with Crippen LogP contribution < -0.4 is 10.1 Å². The highest BCUT2D eigenvalue weighted by atomic mass is 32.1. The average molecular weight is 278 g/mol. The molecule has 1 aromatic carbocycles. The molecule has 0 aliphatic rings. The van der Waals surface area contributed by atoms with Crippen LogP contribution in [0.5, 0.6) is 5.75 Å². The summed E-state index contributed by atoms with van der Waals surface area (Å²) in [6.07, 6.45) is 0. The molecule has 100 valence electrons. The van der Waals surface area contributed by atoms with Crippen LogP contribution in [0.3, 0.4) is 0 Å². The molecule has 1 heterocycles. The summed E-state index contributed by atoms with van der Waals surface area (Å²) in [5, 5.41) is 16.2. The van der Waals surface area contributed by atoms with Crippen molar-refractivity contribution >= 4 is 22.7 Å². The third-order valence-corrected chi connectivity index (χ3v) is 3.78. The van der Waals surface area contributed by atoms with Crippen LogP contribution in [0.4, 0.5) is 11.4 Å². The maximum Gasteiger partial charge on any atom is 0.312 e. The van der Waals surface area contributed by atoms with Crippen molar-refractivity contribution in [3.63, 3.8) is 0 Å². The number of ether oxygens (including phenoxy) is 1. The maximum atomic E-state index is 10.9. The summed E-state index contributed by atoms with van der Waals surface area (Å²) in [7, 11) is 1.42. The van der Waals surface area contributed by atoms with Crippen LogP contribution in [-0.2, 0) is 0 Å². The molecule has 1 aromatic heterocycles. The van der Waals surface area contributed by atoms with E-state index in [1.54, 1.807) is 23.5 Å². The number of nitrogens with zero attached hydrogens (tertiary/aromatic N) is 1. The quantitative estimate of drug-likeness (QED) is 0.666. The minimum absolute atomic E-state index is 0.0362. The molecule has 0 aliphatic heterocycles. The second-order valence-corrected chi connectivity index (χ2v) is 5.00. The van der Waals surface area contributed by atoms with Gasteiger partial charge in [-0.3, -0.25) is 10.1 Å². The zero-order valence-electron chi connectivity index (χ0n) is 10.6. The van der Waals surface area contributed by atoms with Crippen molar-refractivity contribution in [1.82, 2.24) is 0 Å². The van der Waals surface area contributed by atoms with Gasteiger partial charge in [0.25, 0.3) is 0 Å². The van der Waals surface area contributed by atoms with Crippen molar-refractivity contribution in [3.05, 3.63) is 50.7 Å². The van der Waals surface area contributed by atoms with E-state index >= 15 is 0 Å². The normalized spacial score (nSPS) is 11.9. The highest BCUT2D eigenvalue weighted by molar-refractivity contribution is 7.10. The molecular formula is C13H14N2O3S. The van der Waals surface area contributed by atoms with Gasteiger partial charge in [0, 0.05) is 16.6 Å². The Morgan fingerprint density at radius 3 is 2.79 bits per heavy atom. The third kappa shape index (κ3) is 3.03. The highest BCUT2D eigenvalue weighted by Gasteiger charge is 2.16. The first-order chi connectivity index (χ1) is 9.11. The Balaban J connectivity index is 2.21. The zero-order valence-corrected chi connectivity index (χ0v) is 11.4. The topological polar surface area (TPSA) is 64.4 Å². The van der Waals surface area contributed by atoms with Gasteiger partial charge in [0.15, 0.2) is 5.75 Å². The molecule has 0 saturated carbocycles. The Labute approximate surface area is 115 Å². The number of methoxy groups -OCH3 is 1. The third-order valence-electron chi connectivity index (χ3n) is 2.73.